The van der Waals surface area contributed by atoms with Crippen molar-refractivity contribution < 1.29 is 8.42 Å². The van der Waals surface area contributed by atoms with E-state index in [0.717, 1.165) is 54.6 Å². The van der Waals surface area contributed by atoms with Crippen molar-refractivity contribution in [3.05, 3.63) is 71.0 Å². The predicted molar refractivity (Wildman–Crippen MR) is 140 cm³/mol. The Balaban J connectivity index is 1.14. The molecule has 0 saturated carbocycles. The van der Waals surface area contributed by atoms with Gasteiger partial charge in [-0.05, 0) is 68.5 Å². The molecule has 1 N–H and O–H groups in total. The van der Waals surface area contributed by atoms with E-state index < -0.39 is 10.0 Å². The van der Waals surface area contributed by atoms with Crippen LogP contribution < -0.4 is 5.32 Å². The molecule has 2 aliphatic heterocycles. The van der Waals surface area contributed by atoms with Gasteiger partial charge in [-0.25, -0.2) is 13.1 Å². The maximum atomic E-state index is 13.4. The highest BCUT2D eigenvalue weighted by molar-refractivity contribution is 7.89. The van der Waals surface area contributed by atoms with Crippen LogP contribution in [0, 0.1) is 25.7 Å². The third kappa shape index (κ3) is 4.98. The Labute approximate surface area is 212 Å². The second-order valence-electron chi connectivity index (χ2n) is 9.69. The van der Waals surface area contributed by atoms with Gasteiger partial charge in [-0.1, -0.05) is 35.9 Å². The summed E-state index contributed by atoms with van der Waals surface area (Å²) in [5.74, 6) is 0.774. The number of fused-ring (bicyclic) bond motifs is 1. The first kappa shape index (κ1) is 24.3. The van der Waals surface area contributed by atoms with Gasteiger partial charge in [-0.2, -0.15) is 9.40 Å². The number of hydrogen-bond donors (Lipinski definition) is 1. The Morgan fingerprint density at radius 2 is 1.74 bits per heavy atom. The normalized spacial score (nSPS) is 20.9. The van der Waals surface area contributed by atoms with Gasteiger partial charge in [0.05, 0.1) is 17.6 Å². The first-order valence-corrected chi connectivity index (χ1v) is 14.0. The number of aromatic nitrogens is 2. The Bertz CT molecular complexity index is 1280. The Morgan fingerprint density at radius 1 is 1.03 bits per heavy atom. The van der Waals surface area contributed by atoms with Gasteiger partial charge >= 0.3 is 0 Å². The van der Waals surface area contributed by atoms with E-state index in [9.17, 15) is 8.42 Å². The second-order valence-corrected chi connectivity index (χ2v) is 12.0. The van der Waals surface area contributed by atoms with Crippen molar-refractivity contribution in [2.75, 3.05) is 44.6 Å². The summed E-state index contributed by atoms with van der Waals surface area (Å²) in [5, 5.41) is 8.60. The summed E-state index contributed by atoms with van der Waals surface area (Å²) in [4.78, 5) is 2.78. The number of aryl methyl sites for hydroxylation is 1. The van der Waals surface area contributed by atoms with Crippen LogP contribution in [0.3, 0.4) is 0 Å². The van der Waals surface area contributed by atoms with Gasteiger partial charge in [0.15, 0.2) is 0 Å². The summed E-state index contributed by atoms with van der Waals surface area (Å²) in [7, 11) is -3.56. The van der Waals surface area contributed by atoms with E-state index in [1.54, 1.807) is 8.99 Å². The number of sulfonamides is 1. The van der Waals surface area contributed by atoms with Gasteiger partial charge in [0.25, 0.3) is 0 Å². The molecule has 7 nitrogen and oxygen atoms in total. The molecule has 0 aliphatic carbocycles. The molecule has 35 heavy (non-hydrogen) atoms. The predicted octanol–water partition coefficient (Wildman–Crippen LogP) is 4.20. The fourth-order valence-corrected chi connectivity index (χ4v) is 7.15. The highest BCUT2D eigenvalue weighted by atomic mass is 35.5. The minimum absolute atomic E-state index is 0.306. The number of rotatable bonds is 8. The Hall–Kier alpha value is -2.39. The van der Waals surface area contributed by atoms with Crippen LogP contribution in [-0.4, -0.2) is 66.7 Å². The minimum atomic E-state index is -3.56. The fraction of sp³-hybridized carbons (Fsp3) is 0.423. The van der Waals surface area contributed by atoms with Crippen LogP contribution in [0.5, 0.6) is 0 Å². The lowest BCUT2D eigenvalue weighted by atomic mass is 10.0. The molecule has 0 bridgehead atoms. The lowest BCUT2D eigenvalue weighted by Gasteiger charge is -2.21. The monoisotopic (exact) mass is 513 g/mol. The molecule has 2 atom stereocenters. The van der Waals surface area contributed by atoms with E-state index in [4.69, 9.17) is 11.6 Å². The maximum absolute atomic E-state index is 13.4. The summed E-state index contributed by atoms with van der Waals surface area (Å²) in [6, 6.07) is 15.7. The van der Waals surface area contributed by atoms with Crippen LogP contribution in [0.1, 0.15) is 17.7 Å². The molecular formula is C26H32ClN5O2S. The molecule has 3 heterocycles. The number of halogens is 1. The number of likely N-dealkylation sites (tertiary alicyclic amines) is 1. The SMILES string of the molecule is Cc1ccc(NCCCN2CC3CN(S(=O)(=O)c4cnn(-c5ccccc5)c4C)CC3C2)cc1Cl. The van der Waals surface area contributed by atoms with Crippen LogP contribution >= 0.6 is 11.6 Å². The third-order valence-corrected chi connectivity index (χ3v) is 9.61. The van der Waals surface area contributed by atoms with Gasteiger partial charge in [-0.15, -0.1) is 0 Å². The van der Waals surface area contributed by atoms with E-state index >= 15 is 0 Å². The average Bonchev–Trinajstić information content (AvgIpc) is 3.53. The summed E-state index contributed by atoms with van der Waals surface area (Å²) < 4.78 is 30.3. The maximum Gasteiger partial charge on any atom is 0.246 e. The largest absolute Gasteiger partial charge is 0.385 e. The van der Waals surface area contributed by atoms with Crippen molar-refractivity contribution in [3.8, 4) is 5.69 Å². The highest BCUT2D eigenvalue weighted by Crippen LogP contribution is 2.35. The Kier molecular flexibility index (Phi) is 6.90. The molecule has 0 amide bonds. The number of hydrogen-bond acceptors (Lipinski definition) is 5. The molecule has 186 valence electrons. The molecular weight excluding hydrogens is 482 g/mol. The van der Waals surface area contributed by atoms with E-state index in [1.807, 2.05) is 56.3 Å². The number of benzene rings is 2. The zero-order valence-electron chi connectivity index (χ0n) is 20.2. The van der Waals surface area contributed by atoms with Crippen molar-refractivity contribution in [2.45, 2.75) is 25.2 Å². The number of nitrogens with one attached hydrogen (secondary N) is 1. The van der Waals surface area contributed by atoms with Crippen molar-refractivity contribution in [2.24, 2.45) is 11.8 Å². The molecule has 0 radical (unpaired) electrons. The number of anilines is 1. The van der Waals surface area contributed by atoms with Gasteiger partial charge in [0.2, 0.25) is 10.0 Å². The topological polar surface area (TPSA) is 70.5 Å². The molecule has 9 heteroatoms. The quantitative estimate of drug-likeness (QED) is 0.457. The molecule has 5 rings (SSSR count). The van der Waals surface area contributed by atoms with Crippen molar-refractivity contribution in [1.29, 1.82) is 0 Å². The molecule has 2 aliphatic rings. The van der Waals surface area contributed by atoms with Crippen molar-refractivity contribution in [1.82, 2.24) is 19.0 Å². The minimum Gasteiger partial charge on any atom is -0.385 e. The van der Waals surface area contributed by atoms with Crippen molar-refractivity contribution in [3.63, 3.8) is 0 Å². The fourth-order valence-electron chi connectivity index (χ4n) is 5.28. The van der Waals surface area contributed by atoms with Crippen LogP contribution in [-0.2, 0) is 10.0 Å². The summed E-state index contributed by atoms with van der Waals surface area (Å²) in [5.41, 5.74) is 3.64. The van der Waals surface area contributed by atoms with Gasteiger partial charge < -0.3 is 10.2 Å². The van der Waals surface area contributed by atoms with Gasteiger partial charge in [0, 0.05) is 43.4 Å². The van der Waals surface area contributed by atoms with Crippen molar-refractivity contribution >= 4 is 27.3 Å². The second kappa shape index (κ2) is 9.93. The molecule has 2 saturated heterocycles. The zero-order valence-corrected chi connectivity index (χ0v) is 21.8. The average molecular weight is 514 g/mol. The van der Waals surface area contributed by atoms with E-state index in [2.05, 4.69) is 21.4 Å². The van der Waals surface area contributed by atoms with Crippen LogP contribution in [0.4, 0.5) is 5.69 Å². The van der Waals surface area contributed by atoms with Crippen LogP contribution in [0.2, 0.25) is 5.02 Å². The van der Waals surface area contributed by atoms with Gasteiger partial charge in [0.1, 0.15) is 4.90 Å². The molecule has 0 spiro atoms. The lowest BCUT2D eigenvalue weighted by Crippen LogP contribution is -2.34. The molecule has 1 aromatic heterocycles. The first-order valence-electron chi connectivity index (χ1n) is 12.2. The van der Waals surface area contributed by atoms with E-state index in [0.29, 0.717) is 35.5 Å². The summed E-state index contributed by atoms with van der Waals surface area (Å²) in [6.45, 7) is 8.79. The van der Waals surface area contributed by atoms with E-state index in [1.165, 1.54) is 6.20 Å². The molecule has 2 aromatic carbocycles. The lowest BCUT2D eigenvalue weighted by molar-refractivity contribution is 0.296. The summed E-state index contributed by atoms with van der Waals surface area (Å²) in [6.07, 6.45) is 2.52. The first-order chi connectivity index (χ1) is 16.8. The molecule has 2 fully saturated rings. The van der Waals surface area contributed by atoms with Gasteiger partial charge in [-0.3, -0.25) is 0 Å². The van der Waals surface area contributed by atoms with Crippen LogP contribution in [0.15, 0.2) is 59.6 Å². The van der Waals surface area contributed by atoms with E-state index in [-0.39, 0.29) is 0 Å². The van der Waals surface area contributed by atoms with Crippen LogP contribution in [0.25, 0.3) is 5.69 Å². The summed E-state index contributed by atoms with van der Waals surface area (Å²) >= 11 is 6.21. The number of para-hydroxylation sites is 1. The zero-order chi connectivity index (χ0) is 24.6. The molecule has 3 aromatic rings. The Morgan fingerprint density at radius 3 is 2.43 bits per heavy atom. The smallest absolute Gasteiger partial charge is 0.246 e. The highest BCUT2D eigenvalue weighted by Gasteiger charge is 2.44. The molecule has 2 unspecified atom stereocenters. The number of nitrogens with zero attached hydrogens (tertiary/aromatic N) is 4. The standard InChI is InChI=1S/C26H32ClN5O2S/c1-19-9-10-23(13-25(19)27)28-11-6-12-30-15-21-17-31(18-22(21)16-30)35(33,34)26-14-29-32(20(26)2)24-7-4-3-5-8-24/h3-5,7-10,13-14,21-22,28H,6,11-12,15-18H2,1-2H3. The third-order valence-electron chi connectivity index (χ3n) is 7.26.